The topological polar surface area (TPSA) is 121 Å². The average molecular weight is 231 g/mol. The number of carboxylic acid groups (broad SMARTS) is 1. The molecule has 5 N–H and O–H groups in total. The van der Waals surface area contributed by atoms with Gasteiger partial charge in [0.05, 0.1) is 5.30 Å². The van der Waals surface area contributed by atoms with Gasteiger partial charge in [-0.1, -0.05) is 12.1 Å². The van der Waals surface area contributed by atoms with Crippen molar-refractivity contribution in [2.45, 2.75) is 6.04 Å². The third kappa shape index (κ3) is 2.87. The van der Waals surface area contributed by atoms with Crippen LogP contribution in [0.25, 0.3) is 0 Å². The Morgan fingerprint density at radius 3 is 2.07 bits per heavy atom. The number of nitrogens with two attached hydrogens (primary N) is 1. The van der Waals surface area contributed by atoms with Crippen LogP contribution in [0.3, 0.4) is 0 Å². The molecule has 0 radical (unpaired) electrons. The van der Waals surface area contributed by atoms with Crippen LogP contribution in [0.2, 0.25) is 0 Å². The molecule has 1 aromatic carbocycles. The third-order valence-corrected chi connectivity index (χ3v) is 2.83. The van der Waals surface area contributed by atoms with E-state index in [0.717, 1.165) is 0 Å². The first-order valence-electron chi connectivity index (χ1n) is 3.97. The Balaban J connectivity index is 3.00. The quantitative estimate of drug-likeness (QED) is 0.524. The molecule has 6 nitrogen and oxygen atoms in total. The Kier molecular flexibility index (Phi) is 3.26. The van der Waals surface area contributed by atoms with E-state index in [0.29, 0.717) is 5.56 Å². The highest BCUT2D eigenvalue weighted by atomic mass is 31.2. The molecule has 0 aromatic heterocycles. The van der Waals surface area contributed by atoms with Gasteiger partial charge in [0.25, 0.3) is 0 Å². The van der Waals surface area contributed by atoms with Gasteiger partial charge in [0.15, 0.2) is 0 Å². The molecule has 0 unspecified atom stereocenters. The van der Waals surface area contributed by atoms with Crippen molar-refractivity contribution in [1.82, 2.24) is 0 Å². The fourth-order valence-electron chi connectivity index (χ4n) is 1.02. The molecule has 0 aliphatic heterocycles. The summed E-state index contributed by atoms with van der Waals surface area (Å²) in [6, 6.07) is 3.72. The predicted molar refractivity (Wildman–Crippen MR) is 52.7 cm³/mol. The van der Waals surface area contributed by atoms with Crippen molar-refractivity contribution in [2.75, 3.05) is 0 Å². The number of carbonyl (C=O) groups is 1. The maximum Gasteiger partial charge on any atom is 0.356 e. The molecule has 1 atom stereocenters. The second-order valence-electron chi connectivity index (χ2n) is 2.95. The zero-order valence-electron chi connectivity index (χ0n) is 7.57. The number of benzene rings is 1. The first kappa shape index (κ1) is 11.9. The van der Waals surface area contributed by atoms with Gasteiger partial charge >= 0.3 is 13.6 Å². The smallest absolute Gasteiger partial charge is 0.356 e. The van der Waals surface area contributed by atoms with E-state index in [1.54, 1.807) is 0 Å². The highest BCUT2D eigenvalue weighted by Gasteiger charge is 2.18. The monoisotopic (exact) mass is 231 g/mol. The van der Waals surface area contributed by atoms with E-state index in [-0.39, 0.29) is 5.30 Å². The van der Waals surface area contributed by atoms with E-state index in [1.807, 2.05) is 0 Å². The molecule has 0 fully saturated rings. The molecule has 7 heteroatoms. The fourth-order valence-corrected chi connectivity index (χ4v) is 1.56. The van der Waals surface area contributed by atoms with Crippen LogP contribution in [0.1, 0.15) is 11.6 Å². The SMILES string of the molecule is N[C@@H](C(=O)O)c1ccc(P(=O)(O)O)cc1. The number of rotatable bonds is 3. The number of aliphatic carboxylic acids is 1. The molecular formula is C8H10NO5P. The van der Waals surface area contributed by atoms with Crippen LogP contribution in [0, 0.1) is 0 Å². The number of hydrogen-bond donors (Lipinski definition) is 4. The van der Waals surface area contributed by atoms with Crippen molar-refractivity contribution >= 4 is 18.9 Å². The van der Waals surface area contributed by atoms with Crippen LogP contribution >= 0.6 is 7.60 Å². The molecule has 82 valence electrons. The van der Waals surface area contributed by atoms with Crippen LogP contribution in [-0.2, 0) is 9.36 Å². The summed E-state index contributed by atoms with van der Waals surface area (Å²) in [5.41, 5.74) is 5.59. The fraction of sp³-hybridized carbons (Fsp3) is 0.125. The molecule has 1 rings (SSSR count). The molecular weight excluding hydrogens is 221 g/mol. The summed E-state index contributed by atoms with van der Waals surface area (Å²) in [5, 5.41) is 8.42. The van der Waals surface area contributed by atoms with E-state index in [2.05, 4.69) is 0 Å². The lowest BCUT2D eigenvalue weighted by atomic mass is 10.1. The van der Waals surface area contributed by atoms with Gasteiger partial charge in [-0.25, -0.2) is 0 Å². The Bertz CT molecular complexity index is 410. The molecule has 0 aliphatic carbocycles. The minimum absolute atomic E-state index is 0.163. The van der Waals surface area contributed by atoms with E-state index in [1.165, 1.54) is 24.3 Å². The molecule has 0 saturated carbocycles. The van der Waals surface area contributed by atoms with Gasteiger partial charge in [0.1, 0.15) is 6.04 Å². The Morgan fingerprint density at radius 1 is 1.27 bits per heavy atom. The van der Waals surface area contributed by atoms with Gasteiger partial charge in [0.2, 0.25) is 0 Å². The van der Waals surface area contributed by atoms with Crippen molar-refractivity contribution in [3.63, 3.8) is 0 Å². The summed E-state index contributed by atoms with van der Waals surface area (Å²) in [6.45, 7) is 0. The summed E-state index contributed by atoms with van der Waals surface area (Å²) >= 11 is 0. The first-order valence-corrected chi connectivity index (χ1v) is 5.58. The van der Waals surface area contributed by atoms with E-state index >= 15 is 0 Å². The van der Waals surface area contributed by atoms with Crippen molar-refractivity contribution in [3.05, 3.63) is 29.8 Å². The molecule has 0 amide bonds. The van der Waals surface area contributed by atoms with Crippen LogP contribution in [0.4, 0.5) is 0 Å². The zero-order valence-corrected chi connectivity index (χ0v) is 8.46. The predicted octanol–water partition coefficient (Wildman–Crippen LogP) is -0.426. The summed E-state index contributed by atoms with van der Waals surface area (Å²) in [7, 11) is -4.28. The zero-order chi connectivity index (χ0) is 11.6. The van der Waals surface area contributed by atoms with Crippen LogP contribution in [0.5, 0.6) is 0 Å². The van der Waals surface area contributed by atoms with E-state index in [9.17, 15) is 9.36 Å². The Labute approximate surface area is 85.5 Å². The minimum atomic E-state index is -4.28. The van der Waals surface area contributed by atoms with Crippen molar-refractivity contribution in [1.29, 1.82) is 0 Å². The summed E-state index contributed by atoms with van der Waals surface area (Å²) in [5.74, 6) is -1.20. The highest BCUT2D eigenvalue weighted by Crippen LogP contribution is 2.33. The molecule has 0 heterocycles. The lowest BCUT2D eigenvalue weighted by molar-refractivity contribution is -0.138. The van der Waals surface area contributed by atoms with Gasteiger partial charge in [-0.05, 0) is 17.7 Å². The second kappa shape index (κ2) is 4.12. The minimum Gasteiger partial charge on any atom is -0.480 e. The maximum absolute atomic E-state index is 10.8. The van der Waals surface area contributed by atoms with Gasteiger partial charge in [-0.15, -0.1) is 0 Å². The number of carboxylic acids is 1. The molecule has 15 heavy (non-hydrogen) atoms. The van der Waals surface area contributed by atoms with Gasteiger partial charge in [-0.2, -0.15) is 0 Å². The van der Waals surface area contributed by atoms with Crippen LogP contribution in [-0.4, -0.2) is 20.9 Å². The summed E-state index contributed by atoms with van der Waals surface area (Å²) in [6.07, 6.45) is 0. The maximum atomic E-state index is 10.8. The van der Waals surface area contributed by atoms with Crippen LogP contribution in [0.15, 0.2) is 24.3 Å². The Hall–Kier alpha value is -1.20. The molecule has 0 spiro atoms. The van der Waals surface area contributed by atoms with E-state index in [4.69, 9.17) is 20.6 Å². The lowest BCUT2D eigenvalue weighted by Crippen LogP contribution is -2.21. The highest BCUT2D eigenvalue weighted by molar-refractivity contribution is 7.60. The normalized spacial score (nSPS) is 13.5. The number of hydrogen-bond acceptors (Lipinski definition) is 3. The Morgan fingerprint density at radius 2 is 1.73 bits per heavy atom. The second-order valence-corrected chi connectivity index (χ2v) is 4.56. The largest absolute Gasteiger partial charge is 0.480 e. The third-order valence-electron chi connectivity index (χ3n) is 1.85. The lowest BCUT2D eigenvalue weighted by Gasteiger charge is -2.08. The standard InChI is InChI=1S/C8H10NO5P/c9-7(8(10)11)5-1-3-6(4-2-5)15(12,13)14/h1-4,7H,9H2,(H,10,11)(H2,12,13,14)/t7-/m1/s1. The average Bonchev–Trinajstić information content (AvgIpc) is 2.15. The van der Waals surface area contributed by atoms with Crippen molar-refractivity contribution in [2.24, 2.45) is 5.73 Å². The van der Waals surface area contributed by atoms with Gasteiger partial charge in [-0.3, -0.25) is 9.36 Å². The van der Waals surface area contributed by atoms with E-state index < -0.39 is 19.6 Å². The summed E-state index contributed by atoms with van der Waals surface area (Å²) in [4.78, 5) is 28.1. The van der Waals surface area contributed by atoms with Gasteiger partial charge < -0.3 is 20.6 Å². The molecule has 0 bridgehead atoms. The molecule has 1 aromatic rings. The molecule has 0 saturated heterocycles. The van der Waals surface area contributed by atoms with Crippen molar-refractivity contribution < 1.29 is 24.3 Å². The molecule has 0 aliphatic rings. The summed E-state index contributed by atoms with van der Waals surface area (Å²) < 4.78 is 10.8. The van der Waals surface area contributed by atoms with Gasteiger partial charge in [0, 0.05) is 0 Å². The first-order chi connectivity index (χ1) is 6.82. The van der Waals surface area contributed by atoms with Crippen molar-refractivity contribution in [3.8, 4) is 0 Å². The van der Waals surface area contributed by atoms with Crippen LogP contribution < -0.4 is 11.0 Å².